The third-order valence-electron chi connectivity index (χ3n) is 8.11. The van der Waals surface area contributed by atoms with E-state index in [9.17, 15) is 0 Å². The molecular formula is C42H39N. The molecule has 0 radical (unpaired) electrons. The standard InChI is InChI=1S/C42H39N/c1-3-14-34(15-4-1)18-7-9-20-36-26-30-39(31-27-36)43(42-25-13-23-38-22-11-12-24-41(38)42)40-32-28-37(29-33-40)21-10-8-19-35-16-5-2-6-17-35/h1,3-5,7-10,13-21,23,25-33H,2,6,11-12,22,24H2/b18-7+,19-8+,20-9+,21-10+. The van der Waals surface area contributed by atoms with E-state index in [4.69, 9.17) is 0 Å². The number of hydrogen-bond acceptors (Lipinski definition) is 1. The van der Waals surface area contributed by atoms with Crippen LogP contribution in [0.4, 0.5) is 17.1 Å². The molecule has 0 saturated heterocycles. The molecular weight excluding hydrogens is 518 g/mol. The molecule has 0 spiro atoms. The second-order valence-electron chi connectivity index (χ2n) is 11.2. The monoisotopic (exact) mass is 557 g/mol. The van der Waals surface area contributed by atoms with Crippen LogP contribution in [0.2, 0.25) is 0 Å². The number of rotatable bonds is 9. The molecule has 0 aliphatic heterocycles. The molecule has 0 aromatic heterocycles. The van der Waals surface area contributed by atoms with E-state index in [1.165, 1.54) is 69.7 Å². The van der Waals surface area contributed by atoms with Crippen molar-refractivity contribution in [1.82, 2.24) is 0 Å². The summed E-state index contributed by atoms with van der Waals surface area (Å²) in [5, 5.41) is 0. The number of nitrogens with zero attached hydrogens (tertiary/aromatic N) is 1. The summed E-state index contributed by atoms with van der Waals surface area (Å²) in [5.41, 5.74) is 11.5. The number of aryl methyl sites for hydroxylation is 1. The minimum absolute atomic E-state index is 1.13. The van der Waals surface area contributed by atoms with Gasteiger partial charge in [0.1, 0.15) is 0 Å². The van der Waals surface area contributed by atoms with Crippen LogP contribution >= 0.6 is 0 Å². The van der Waals surface area contributed by atoms with Gasteiger partial charge in [0.25, 0.3) is 0 Å². The van der Waals surface area contributed by atoms with Gasteiger partial charge in [-0.3, -0.25) is 0 Å². The van der Waals surface area contributed by atoms with Crippen molar-refractivity contribution >= 4 is 35.3 Å². The fourth-order valence-electron chi connectivity index (χ4n) is 5.86. The highest BCUT2D eigenvalue weighted by atomic mass is 15.1. The maximum atomic E-state index is 2.43. The molecule has 212 valence electrons. The summed E-state index contributed by atoms with van der Waals surface area (Å²) in [6, 6.07) is 35.1. The van der Waals surface area contributed by atoms with Crippen LogP contribution in [0.5, 0.6) is 0 Å². The lowest BCUT2D eigenvalue weighted by atomic mass is 9.90. The van der Waals surface area contributed by atoms with Crippen LogP contribution in [0, 0.1) is 0 Å². The Kier molecular flexibility index (Phi) is 9.42. The van der Waals surface area contributed by atoms with E-state index in [1.807, 2.05) is 6.07 Å². The molecule has 1 heteroatoms. The fourth-order valence-corrected chi connectivity index (χ4v) is 5.86. The van der Waals surface area contributed by atoms with E-state index >= 15 is 0 Å². The Morgan fingerprint density at radius 2 is 1.12 bits per heavy atom. The molecule has 2 aliphatic rings. The molecule has 6 rings (SSSR count). The Balaban J connectivity index is 1.24. The van der Waals surface area contributed by atoms with Gasteiger partial charge in [-0.2, -0.15) is 0 Å². The topological polar surface area (TPSA) is 3.24 Å². The molecule has 0 fully saturated rings. The summed E-state index contributed by atoms with van der Waals surface area (Å²) in [4.78, 5) is 2.43. The summed E-state index contributed by atoms with van der Waals surface area (Å²) in [5.74, 6) is 0. The lowest BCUT2D eigenvalue weighted by Gasteiger charge is -2.30. The van der Waals surface area contributed by atoms with E-state index < -0.39 is 0 Å². The minimum atomic E-state index is 1.13. The van der Waals surface area contributed by atoms with Crippen molar-refractivity contribution in [2.24, 2.45) is 0 Å². The van der Waals surface area contributed by atoms with Crippen molar-refractivity contribution in [2.45, 2.75) is 38.5 Å². The lowest BCUT2D eigenvalue weighted by Crippen LogP contribution is -2.15. The highest BCUT2D eigenvalue weighted by molar-refractivity contribution is 5.80. The van der Waals surface area contributed by atoms with Crippen LogP contribution < -0.4 is 4.90 Å². The van der Waals surface area contributed by atoms with Gasteiger partial charge < -0.3 is 4.90 Å². The number of benzene rings is 4. The van der Waals surface area contributed by atoms with Crippen LogP contribution in [0.15, 0.2) is 151 Å². The highest BCUT2D eigenvalue weighted by Gasteiger charge is 2.20. The molecule has 0 N–H and O–H groups in total. The van der Waals surface area contributed by atoms with Crippen molar-refractivity contribution < 1.29 is 0 Å². The first-order valence-electron chi connectivity index (χ1n) is 15.6. The van der Waals surface area contributed by atoms with Crippen LogP contribution in [-0.4, -0.2) is 0 Å². The first kappa shape index (κ1) is 28.2. The molecule has 0 saturated carbocycles. The summed E-state index contributed by atoms with van der Waals surface area (Å²) in [6.07, 6.45) is 31.0. The van der Waals surface area contributed by atoms with Crippen LogP contribution in [0.1, 0.15) is 53.5 Å². The zero-order valence-corrected chi connectivity index (χ0v) is 24.8. The number of anilines is 3. The molecule has 0 heterocycles. The SMILES string of the molecule is C1=CC(/C=C/C=C/c2ccc(N(c3ccc(/C=C/C=C/c4ccccc4)cc3)c3cccc4c3CCCC4)cc2)=CCC1. The second kappa shape index (κ2) is 14.3. The largest absolute Gasteiger partial charge is 0.310 e. The van der Waals surface area contributed by atoms with Gasteiger partial charge in [-0.05, 0) is 102 Å². The normalized spacial score (nSPS) is 15.0. The van der Waals surface area contributed by atoms with E-state index in [1.54, 1.807) is 0 Å². The van der Waals surface area contributed by atoms with Gasteiger partial charge in [0, 0.05) is 17.1 Å². The quantitative estimate of drug-likeness (QED) is 0.185. The van der Waals surface area contributed by atoms with Crippen LogP contribution in [-0.2, 0) is 12.8 Å². The van der Waals surface area contributed by atoms with Crippen molar-refractivity contribution in [3.05, 3.63) is 179 Å². The van der Waals surface area contributed by atoms with Gasteiger partial charge >= 0.3 is 0 Å². The number of fused-ring (bicyclic) bond motifs is 1. The van der Waals surface area contributed by atoms with Gasteiger partial charge in [0.15, 0.2) is 0 Å². The summed E-state index contributed by atoms with van der Waals surface area (Å²) < 4.78 is 0. The van der Waals surface area contributed by atoms with Gasteiger partial charge in [-0.1, -0.05) is 134 Å². The van der Waals surface area contributed by atoms with E-state index in [2.05, 4.69) is 163 Å². The van der Waals surface area contributed by atoms with Crippen molar-refractivity contribution in [3.63, 3.8) is 0 Å². The van der Waals surface area contributed by atoms with E-state index in [0.29, 0.717) is 0 Å². The predicted molar refractivity (Wildman–Crippen MR) is 187 cm³/mol. The van der Waals surface area contributed by atoms with Crippen molar-refractivity contribution in [2.75, 3.05) is 4.90 Å². The number of hydrogen-bond donors (Lipinski definition) is 0. The first-order chi connectivity index (χ1) is 21.3. The maximum absolute atomic E-state index is 2.43. The zero-order chi connectivity index (χ0) is 29.1. The zero-order valence-electron chi connectivity index (χ0n) is 24.8. The smallest absolute Gasteiger partial charge is 0.0496 e. The Labute approximate surface area is 257 Å². The molecule has 2 aliphatic carbocycles. The molecule has 0 atom stereocenters. The predicted octanol–water partition coefficient (Wildman–Crippen LogP) is 11.6. The Morgan fingerprint density at radius 3 is 1.74 bits per heavy atom. The molecule has 43 heavy (non-hydrogen) atoms. The van der Waals surface area contributed by atoms with Crippen LogP contribution in [0.25, 0.3) is 18.2 Å². The summed E-state index contributed by atoms with van der Waals surface area (Å²) >= 11 is 0. The average Bonchev–Trinajstić information content (AvgIpc) is 3.07. The third-order valence-corrected chi connectivity index (χ3v) is 8.11. The molecule has 0 unspecified atom stereocenters. The number of allylic oxidation sites excluding steroid dienone is 9. The molecule has 4 aromatic carbocycles. The fraction of sp³-hybridized carbons (Fsp3) is 0.143. The van der Waals surface area contributed by atoms with Gasteiger partial charge in [0.2, 0.25) is 0 Å². The Hall–Kier alpha value is -4.88. The Morgan fingerprint density at radius 1 is 0.512 bits per heavy atom. The summed E-state index contributed by atoms with van der Waals surface area (Å²) in [7, 11) is 0. The lowest BCUT2D eigenvalue weighted by molar-refractivity contribution is 0.686. The van der Waals surface area contributed by atoms with E-state index in [-0.39, 0.29) is 0 Å². The molecule has 0 bridgehead atoms. The summed E-state index contributed by atoms with van der Waals surface area (Å²) in [6.45, 7) is 0. The first-order valence-corrected chi connectivity index (χ1v) is 15.6. The molecule has 0 amide bonds. The average molecular weight is 558 g/mol. The van der Waals surface area contributed by atoms with Gasteiger partial charge in [-0.15, -0.1) is 0 Å². The molecule has 4 aromatic rings. The Bertz CT molecular complexity index is 1680. The molecule has 1 nitrogen and oxygen atoms in total. The maximum Gasteiger partial charge on any atom is 0.0496 e. The van der Waals surface area contributed by atoms with E-state index in [0.717, 1.165) is 19.3 Å². The van der Waals surface area contributed by atoms with Gasteiger partial charge in [-0.25, -0.2) is 0 Å². The van der Waals surface area contributed by atoms with Crippen molar-refractivity contribution in [3.8, 4) is 0 Å². The second-order valence-corrected chi connectivity index (χ2v) is 11.2. The highest BCUT2D eigenvalue weighted by Crippen LogP contribution is 2.40. The van der Waals surface area contributed by atoms with Gasteiger partial charge in [0.05, 0.1) is 0 Å². The minimum Gasteiger partial charge on any atom is -0.310 e. The third kappa shape index (κ3) is 7.50. The van der Waals surface area contributed by atoms with Crippen molar-refractivity contribution in [1.29, 1.82) is 0 Å². The van der Waals surface area contributed by atoms with Crippen LogP contribution in [0.3, 0.4) is 0 Å².